The average Bonchev–Trinajstić information content (AvgIpc) is 3.44. The Morgan fingerprint density at radius 3 is 2.59 bits per heavy atom. The minimum atomic E-state index is -0.399. The number of nitrogens with zero attached hydrogens (tertiary/aromatic N) is 1. The highest BCUT2D eigenvalue weighted by Crippen LogP contribution is 2.26. The molecule has 0 aliphatic carbocycles. The van der Waals surface area contributed by atoms with E-state index in [0.29, 0.717) is 17.9 Å². The third-order valence-electron chi connectivity index (χ3n) is 5.54. The van der Waals surface area contributed by atoms with E-state index >= 15 is 0 Å². The number of carbonyl (C=O) groups is 2. The van der Waals surface area contributed by atoms with Crippen molar-refractivity contribution in [1.82, 2.24) is 0 Å². The highest BCUT2D eigenvalue weighted by molar-refractivity contribution is 6.06. The summed E-state index contributed by atoms with van der Waals surface area (Å²) < 4.78 is 5.41. The van der Waals surface area contributed by atoms with Crippen molar-refractivity contribution in [2.24, 2.45) is 0 Å². The fourth-order valence-electron chi connectivity index (χ4n) is 3.90. The molecule has 0 saturated carbocycles. The van der Waals surface area contributed by atoms with Gasteiger partial charge in [0, 0.05) is 42.3 Å². The third-order valence-corrected chi connectivity index (χ3v) is 5.54. The zero-order chi connectivity index (χ0) is 20.2. The van der Waals surface area contributed by atoms with Crippen LogP contribution in [-0.4, -0.2) is 37.6 Å². The number of anilines is 3. The smallest absolute Gasteiger partial charge is 0.255 e. The molecule has 4 rings (SSSR count). The van der Waals surface area contributed by atoms with Crippen molar-refractivity contribution in [2.45, 2.75) is 38.7 Å². The molecule has 2 amide bonds. The Balaban J connectivity index is 1.42. The molecule has 2 saturated heterocycles. The summed E-state index contributed by atoms with van der Waals surface area (Å²) in [5, 5.41) is 5.83. The normalized spacial score (nSPS) is 18.7. The molecule has 2 aromatic rings. The van der Waals surface area contributed by atoms with E-state index in [1.807, 2.05) is 13.0 Å². The molecular weight excluding hydrogens is 366 g/mol. The Hall–Kier alpha value is -2.86. The summed E-state index contributed by atoms with van der Waals surface area (Å²) in [6, 6.07) is 13.1. The van der Waals surface area contributed by atoms with Crippen LogP contribution in [0.4, 0.5) is 17.1 Å². The lowest BCUT2D eigenvalue weighted by Gasteiger charge is -2.19. The van der Waals surface area contributed by atoms with Crippen LogP contribution in [0.5, 0.6) is 0 Å². The van der Waals surface area contributed by atoms with E-state index in [2.05, 4.69) is 27.7 Å². The number of nitrogens with one attached hydrogen (secondary N) is 2. The van der Waals surface area contributed by atoms with Crippen LogP contribution >= 0.6 is 0 Å². The van der Waals surface area contributed by atoms with E-state index in [9.17, 15) is 9.59 Å². The zero-order valence-corrected chi connectivity index (χ0v) is 16.7. The predicted octanol–water partition coefficient (Wildman–Crippen LogP) is 3.97. The van der Waals surface area contributed by atoms with Gasteiger partial charge in [-0.3, -0.25) is 9.59 Å². The summed E-state index contributed by atoms with van der Waals surface area (Å²) in [5.41, 5.74) is 4.13. The Morgan fingerprint density at radius 2 is 1.86 bits per heavy atom. The number of aryl methyl sites for hydroxylation is 1. The Bertz CT molecular complexity index is 900. The van der Waals surface area contributed by atoms with Crippen molar-refractivity contribution in [1.29, 1.82) is 0 Å². The lowest BCUT2D eigenvalue weighted by Crippen LogP contribution is -2.27. The molecule has 29 heavy (non-hydrogen) atoms. The van der Waals surface area contributed by atoms with Crippen LogP contribution in [0.25, 0.3) is 0 Å². The molecule has 2 N–H and O–H groups in total. The number of ether oxygens (including phenoxy) is 1. The maximum atomic E-state index is 12.7. The molecule has 152 valence electrons. The SMILES string of the molecule is Cc1cc(N2CCCC2)ccc1NC(=O)c1cccc(NC(=O)C2CCCO2)c1. The van der Waals surface area contributed by atoms with Gasteiger partial charge in [-0.2, -0.15) is 0 Å². The van der Waals surface area contributed by atoms with Gasteiger partial charge in [0.1, 0.15) is 6.10 Å². The van der Waals surface area contributed by atoms with E-state index in [0.717, 1.165) is 37.2 Å². The topological polar surface area (TPSA) is 70.7 Å². The van der Waals surface area contributed by atoms with E-state index in [1.165, 1.54) is 18.5 Å². The second kappa shape index (κ2) is 8.66. The molecule has 2 aromatic carbocycles. The fraction of sp³-hybridized carbons (Fsp3) is 0.391. The molecule has 6 nitrogen and oxygen atoms in total. The number of rotatable bonds is 5. The van der Waals surface area contributed by atoms with Crippen molar-refractivity contribution in [3.05, 3.63) is 53.6 Å². The first-order chi connectivity index (χ1) is 14.1. The van der Waals surface area contributed by atoms with Crippen LogP contribution in [0.15, 0.2) is 42.5 Å². The molecule has 0 aromatic heterocycles. The molecule has 2 fully saturated rings. The molecule has 2 aliphatic rings. The van der Waals surface area contributed by atoms with Crippen LogP contribution in [0.2, 0.25) is 0 Å². The molecule has 0 bridgehead atoms. The average molecular weight is 393 g/mol. The maximum absolute atomic E-state index is 12.7. The van der Waals surface area contributed by atoms with E-state index in [4.69, 9.17) is 4.74 Å². The van der Waals surface area contributed by atoms with Gasteiger partial charge in [-0.15, -0.1) is 0 Å². The number of benzene rings is 2. The standard InChI is InChI=1S/C23H27N3O3/c1-16-14-19(26-11-2-3-12-26)9-10-20(16)25-22(27)17-6-4-7-18(15-17)24-23(28)21-8-5-13-29-21/h4,6-7,9-10,14-15,21H,2-3,5,8,11-13H2,1H3,(H,24,28)(H,25,27). The summed E-state index contributed by atoms with van der Waals surface area (Å²) in [5.74, 6) is -0.358. The highest BCUT2D eigenvalue weighted by Gasteiger charge is 2.23. The molecule has 0 radical (unpaired) electrons. The zero-order valence-electron chi connectivity index (χ0n) is 16.7. The van der Waals surface area contributed by atoms with Crippen molar-refractivity contribution in [3.63, 3.8) is 0 Å². The van der Waals surface area contributed by atoms with Gasteiger partial charge in [-0.25, -0.2) is 0 Å². The first-order valence-corrected chi connectivity index (χ1v) is 10.3. The number of hydrogen-bond donors (Lipinski definition) is 2. The second-order valence-corrected chi connectivity index (χ2v) is 7.72. The van der Waals surface area contributed by atoms with Crippen molar-refractivity contribution >= 4 is 28.9 Å². The number of carbonyl (C=O) groups excluding carboxylic acids is 2. The number of hydrogen-bond acceptors (Lipinski definition) is 4. The molecule has 1 atom stereocenters. The molecule has 6 heteroatoms. The quantitative estimate of drug-likeness (QED) is 0.807. The monoisotopic (exact) mass is 393 g/mol. The summed E-state index contributed by atoms with van der Waals surface area (Å²) in [6.07, 6.45) is 3.70. The van der Waals surface area contributed by atoms with Crippen molar-refractivity contribution in [3.8, 4) is 0 Å². The lowest BCUT2D eigenvalue weighted by molar-refractivity contribution is -0.124. The third kappa shape index (κ3) is 4.59. The Labute approximate surface area is 171 Å². The van der Waals surface area contributed by atoms with E-state index in [1.54, 1.807) is 24.3 Å². The molecule has 2 heterocycles. The minimum Gasteiger partial charge on any atom is -0.372 e. The summed E-state index contributed by atoms with van der Waals surface area (Å²) >= 11 is 0. The first-order valence-electron chi connectivity index (χ1n) is 10.3. The van der Waals surface area contributed by atoms with Gasteiger partial charge in [-0.1, -0.05) is 6.07 Å². The minimum absolute atomic E-state index is 0.159. The van der Waals surface area contributed by atoms with Crippen LogP contribution in [0.1, 0.15) is 41.6 Å². The summed E-state index contributed by atoms with van der Waals surface area (Å²) in [7, 11) is 0. The van der Waals surface area contributed by atoms with Crippen LogP contribution in [0.3, 0.4) is 0 Å². The first kappa shape index (κ1) is 19.5. The lowest BCUT2D eigenvalue weighted by atomic mass is 10.1. The Kier molecular flexibility index (Phi) is 5.81. The molecule has 1 unspecified atom stereocenters. The van der Waals surface area contributed by atoms with E-state index < -0.39 is 6.10 Å². The van der Waals surface area contributed by atoms with Crippen LogP contribution < -0.4 is 15.5 Å². The molecular formula is C23H27N3O3. The van der Waals surface area contributed by atoms with Gasteiger partial charge >= 0.3 is 0 Å². The largest absolute Gasteiger partial charge is 0.372 e. The van der Waals surface area contributed by atoms with E-state index in [-0.39, 0.29) is 11.8 Å². The van der Waals surface area contributed by atoms with Gasteiger partial charge < -0.3 is 20.3 Å². The van der Waals surface area contributed by atoms with Gasteiger partial charge in [0.2, 0.25) is 0 Å². The fourth-order valence-corrected chi connectivity index (χ4v) is 3.90. The Morgan fingerprint density at radius 1 is 1.03 bits per heavy atom. The summed E-state index contributed by atoms with van der Waals surface area (Å²) in [4.78, 5) is 27.3. The van der Waals surface area contributed by atoms with Gasteiger partial charge in [0.25, 0.3) is 11.8 Å². The van der Waals surface area contributed by atoms with Crippen molar-refractivity contribution < 1.29 is 14.3 Å². The number of amides is 2. The van der Waals surface area contributed by atoms with Crippen LogP contribution in [-0.2, 0) is 9.53 Å². The maximum Gasteiger partial charge on any atom is 0.255 e. The van der Waals surface area contributed by atoms with Crippen molar-refractivity contribution in [2.75, 3.05) is 35.2 Å². The van der Waals surface area contributed by atoms with Crippen LogP contribution in [0, 0.1) is 6.92 Å². The summed E-state index contributed by atoms with van der Waals surface area (Å²) in [6.45, 7) is 4.81. The predicted molar refractivity (Wildman–Crippen MR) is 115 cm³/mol. The second-order valence-electron chi connectivity index (χ2n) is 7.72. The van der Waals surface area contributed by atoms with Gasteiger partial charge in [-0.05, 0) is 74.6 Å². The molecule has 2 aliphatic heterocycles. The van der Waals surface area contributed by atoms with Gasteiger partial charge in [0.05, 0.1) is 0 Å². The van der Waals surface area contributed by atoms with Gasteiger partial charge in [0.15, 0.2) is 0 Å². The molecule has 0 spiro atoms. The highest BCUT2D eigenvalue weighted by atomic mass is 16.5.